The van der Waals surface area contributed by atoms with Crippen molar-refractivity contribution in [1.29, 1.82) is 0 Å². The van der Waals surface area contributed by atoms with E-state index >= 15 is 0 Å². The van der Waals surface area contributed by atoms with E-state index in [0.29, 0.717) is 6.04 Å². The van der Waals surface area contributed by atoms with Gasteiger partial charge in [0.15, 0.2) is 0 Å². The van der Waals surface area contributed by atoms with Crippen LogP contribution < -0.4 is 10.6 Å². The molecule has 0 saturated carbocycles. The number of non-ortho nitro benzene ring substituents is 1. The molecule has 0 spiro atoms. The molecule has 3 rings (SSSR count). The van der Waals surface area contributed by atoms with E-state index in [1.807, 2.05) is 0 Å². The predicted molar refractivity (Wildman–Crippen MR) is 100 cm³/mol. The molecule has 9 nitrogen and oxygen atoms in total. The number of nitrogens with zero attached hydrogens (tertiary/aromatic N) is 3. The number of benzene rings is 1. The standard InChI is InChI=1S/C18H25N5O4/c1-21-8-6-15(7-9-21)22-10-5-14(12-22)20-18(25)17(24)19-13-3-2-4-16(11-13)23(26)27/h2-4,11,14-15H,5-10,12H2,1H3,(H,19,24)(H,20,25). The quantitative estimate of drug-likeness (QED) is 0.458. The van der Waals surface area contributed by atoms with Gasteiger partial charge in [-0.15, -0.1) is 0 Å². The highest BCUT2D eigenvalue weighted by Crippen LogP contribution is 2.21. The Kier molecular flexibility index (Phi) is 6.02. The number of hydrogen-bond donors (Lipinski definition) is 2. The second-order valence-corrected chi connectivity index (χ2v) is 7.25. The normalized spacial score (nSPS) is 21.7. The van der Waals surface area contributed by atoms with E-state index in [-0.39, 0.29) is 17.4 Å². The Morgan fingerprint density at radius 1 is 1.15 bits per heavy atom. The average Bonchev–Trinajstić information content (AvgIpc) is 3.11. The molecule has 0 aromatic heterocycles. The van der Waals surface area contributed by atoms with Crippen LogP contribution >= 0.6 is 0 Å². The minimum atomic E-state index is -0.812. The second-order valence-electron chi connectivity index (χ2n) is 7.25. The Hall–Kier alpha value is -2.52. The van der Waals surface area contributed by atoms with E-state index in [9.17, 15) is 19.7 Å². The third kappa shape index (κ3) is 5.01. The van der Waals surface area contributed by atoms with E-state index in [0.717, 1.165) is 45.4 Å². The molecule has 27 heavy (non-hydrogen) atoms. The van der Waals surface area contributed by atoms with Crippen molar-refractivity contribution < 1.29 is 14.5 Å². The van der Waals surface area contributed by atoms with Crippen LogP contribution in [0.5, 0.6) is 0 Å². The second kappa shape index (κ2) is 8.45. The molecule has 1 aromatic carbocycles. The number of amides is 2. The first kappa shape index (κ1) is 19.2. The molecule has 1 unspecified atom stereocenters. The molecular weight excluding hydrogens is 350 g/mol. The largest absolute Gasteiger partial charge is 0.344 e. The van der Waals surface area contributed by atoms with Crippen molar-refractivity contribution in [2.45, 2.75) is 31.3 Å². The fourth-order valence-corrected chi connectivity index (χ4v) is 3.73. The fraction of sp³-hybridized carbons (Fsp3) is 0.556. The molecule has 146 valence electrons. The van der Waals surface area contributed by atoms with Gasteiger partial charge in [0, 0.05) is 43.0 Å². The number of hydrogen-bond acceptors (Lipinski definition) is 6. The Morgan fingerprint density at radius 2 is 1.89 bits per heavy atom. The van der Waals surface area contributed by atoms with Gasteiger partial charge in [-0.1, -0.05) is 6.07 Å². The van der Waals surface area contributed by atoms with Gasteiger partial charge in [-0.2, -0.15) is 0 Å². The lowest BCUT2D eigenvalue weighted by Crippen LogP contribution is -2.46. The zero-order valence-electron chi connectivity index (χ0n) is 15.4. The SMILES string of the molecule is CN1CCC(N2CCC(NC(=O)C(=O)Nc3cccc([N+](=O)[O-])c3)C2)CC1. The molecule has 1 aromatic rings. The summed E-state index contributed by atoms with van der Waals surface area (Å²) in [6.07, 6.45) is 3.08. The topological polar surface area (TPSA) is 108 Å². The van der Waals surface area contributed by atoms with Crippen molar-refractivity contribution in [3.8, 4) is 0 Å². The van der Waals surface area contributed by atoms with Crippen LogP contribution in [0.1, 0.15) is 19.3 Å². The number of likely N-dealkylation sites (tertiary alicyclic amines) is 2. The Morgan fingerprint density at radius 3 is 2.59 bits per heavy atom. The minimum absolute atomic E-state index is 0.0481. The predicted octanol–water partition coefficient (Wildman–Crippen LogP) is 0.818. The Balaban J connectivity index is 1.48. The summed E-state index contributed by atoms with van der Waals surface area (Å²) in [6, 6.07) is 6.02. The van der Waals surface area contributed by atoms with Crippen molar-refractivity contribution in [1.82, 2.24) is 15.1 Å². The van der Waals surface area contributed by atoms with Crippen molar-refractivity contribution in [2.24, 2.45) is 0 Å². The lowest BCUT2D eigenvalue weighted by Gasteiger charge is -2.35. The van der Waals surface area contributed by atoms with Crippen LogP contribution in [-0.4, -0.2) is 71.8 Å². The summed E-state index contributed by atoms with van der Waals surface area (Å²) < 4.78 is 0. The molecule has 2 amide bonds. The van der Waals surface area contributed by atoms with Crippen molar-refractivity contribution >= 4 is 23.2 Å². The van der Waals surface area contributed by atoms with Gasteiger partial charge in [0.2, 0.25) is 0 Å². The summed E-state index contributed by atoms with van der Waals surface area (Å²) in [7, 11) is 2.13. The van der Waals surface area contributed by atoms with Crippen molar-refractivity contribution in [3.05, 3.63) is 34.4 Å². The van der Waals surface area contributed by atoms with Gasteiger partial charge in [-0.05, 0) is 45.5 Å². The molecular formula is C18H25N5O4. The number of nitro groups is 1. The number of rotatable bonds is 4. The molecule has 2 fully saturated rings. The third-order valence-electron chi connectivity index (χ3n) is 5.28. The zero-order chi connectivity index (χ0) is 19.4. The molecule has 0 radical (unpaired) electrons. The van der Waals surface area contributed by atoms with Crippen molar-refractivity contribution in [2.75, 3.05) is 38.5 Å². The maximum Gasteiger partial charge on any atom is 0.313 e. The Bertz CT molecular complexity index is 717. The molecule has 2 aliphatic heterocycles. The van der Waals surface area contributed by atoms with Gasteiger partial charge < -0.3 is 15.5 Å². The number of piperidine rings is 1. The van der Waals surface area contributed by atoms with Gasteiger partial charge in [-0.25, -0.2) is 0 Å². The summed E-state index contributed by atoms with van der Waals surface area (Å²) in [5.74, 6) is -1.52. The minimum Gasteiger partial charge on any atom is -0.344 e. The zero-order valence-corrected chi connectivity index (χ0v) is 15.4. The maximum absolute atomic E-state index is 12.2. The summed E-state index contributed by atoms with van der Waals surface area (Å²) in [4.78, 5) is 39.2. The van der Waals surface area contributed by atoms with Gasteiger partial charge >= 0.3 is 11.8 Å². The summed E-state index contributed by atoms with van der Waals surface area (Å²) in [5, 5.41) is 16.0. The number of anilines is 1. The van der Waals surface area contributed by atoms with Crippen molar-refractivity contribution in [3.63, 3.8) is 0 Å². The van der Waals surface area contributed by atoms with Gasteiger partial charge in [-0.3, -0.25) is 24.6 Å². The molecule has 0 bridgehead atoms. The molecule has 2 heterocycles. The van der Waals surface area contributed by atoms with Crippen LogP contribution in [0.15, 0.2) is 24.3 Å². The summed E-state index contributed by atoms with van der Waals surface area (Å²) >= 11 is 0. The molecule has 2 saturated heterocycles. The van der Waals surface area contributed by atoms with Crippen LogP contribution in [0.25, 0.3) is 0 Å². The van der Waals surface area contributed by atoms with Crippen LogP contribution in [0, 0.1) is 10.1 Å². The average molecular weight is 375 g/mol. The summed E-state index contributed by atoms with van der Waals surface area (Å²) in [5.41, 5.74) is 0.0847. The first-order valence-corrected chi connectivity index (χ1v) is 9.21. The number of nitro benzene ring substituents is 1. The first-order valence-electron chi connectivity index (χ1n) is 9.21. The number of nitrogens with one attached hydrogen (secondary N) is 2. The fourth-order valence-electron chi connectivity index (χ4n) is 3.73. The molecule has 2 aliphatic rings. The monoisotopic (exact) mass is 375 g/mol. The Labute approximate surface area is 157 Å². The third-order valence-corrected chi connectivity index (χ3v) is 5.28. The molecule has 9 heteroatoms. The van der Waals surface area contributed by atoms with E-state index < -0.39 is 16.7 Å². The van der Waals surface area contributed by atoms with Crippen LogP contribution in [0.2, 0.25) is 0 Å². The highest BCUT2D eigenvalue weighted by molar-refractivity contribution is 6.39. The lowest BCUT2D eigenvalue weighted by molar-refractivity contribution is -0.384. The van der Waals surface area contributed by atoms with E-state index in [1.165, 1.54) is 24.3 Å². The highest BCUT2D eigenvalue weighted by Gasteiger charge is 2.31. The number of carbonyl (C=O) groups excluding carboxylic acids is 2. The molecule has 0 aliphatic carbocycles. The van der Waals surface area contributed by atoms with Gasteiger partial charge in [0.25, 0.3) is 5.69 Å². The lowest BCUT2D eigenvalue weighted by atomic mass is 10.0. The van der Waals surface area contributed by atoms with Crippen LogP contribution in [0.3, 0.4) is 0 Å². The maximum atomic E-state index is 12.2. The summed E-state index contributed by atoms with van der Waals surface area (Å²) in [6.45, 7) is 3.85. The van der Waals surface area contributed by atoms with E-state index in [2.05, 4.69) is 27.5 Å². The molecule has 1 atom stereocenters. The highest BCUT2D eigenvalue weighted by atomic mass is 16.6. The smallest absolute Gasteiger partial charge is 0.313 e. The van der Waals surface area contributed by atoms with Crippen LogP contribution in [-0.2, 0) is 9.59 Å². The van der Waals surface area contributed by atoms with Gasteiger partial charge in [0.05, 0.1) is 4.92 Å². The van der Waals surface area contributed by atoms with E-state index in [4.69, 9.17) is 0 Å². The first-order chi connectivity index (χ1) is 12.9. The van der Waals surface area contributed by atoms with E-state index in [1.54, 1.807) is 0 Å². The van der Waals surface area contributed by atoms with Gasteiger partial charge in [0.1, 0.15) is 0 Å². The molecule has 2 N–H and O–H groups in total. The number of carbonyl (C=O) groups is 2. The van der Waals surface area contributed by atoms with Crippen LogP contribution in [0.4, 0.5) is 11.4 Å².